The van der Waals surface area contributed by atoms with Crippen LogP contribution >= 0.6 is 0 Å². The SMILES string of the molecule is CCCCN1CCC(CNC(=O)CCC(=O)NC2CCCC2)CC1. The first-order chi connectivity index (χ1) is 11.7. The topological polar surface area (TPSA) is 61.4 Å². The average molecular weight is 338 g/mol. The summed E-state index contributed by atoms with van der Waals surface area (Å²) in [5.41, 5.74) is 0. The van der Waals surface area contributed by atoms with Gasteiger partial charge >= 0.3 is 0 Å². The fourth-order valence-corrected chi connectivity index (χ4v) is 3.74. The fourth-order valence-electron chi connectivity index (χ4n) is 3.74. The molecule has 0 spiro atoms. The van der Waals surface area contributed by atoms with Crippen molar-refractivity contribution >= 4 is 11.8 Å². The first kappa shape index (κ1) is 19.2. The zero-order chi connectivity index (χ0) is 17.2. The van der Waals surface area contributed by atoms with E-state index in [0.717, 1.165) is 32.5 Å². The van der Waals surface area contributed by atoms with Crippen molar-refractivity contribution in [2.75, 3.05) is 26.2 Å². The van der Waals surface area contributed by atoms with Crippen LogP contribution in [0.5, 0.6) is 0 Å². The van der Waals surface area contributed by atoms with Gasteiger partial charge in [-0.15, -0.1) is 0 Å². The van der Waals surface area contributed by atoms with E-state index in [2.05, 4.69) is 22.5 Å². The molecule has 0 aromatic carbocycles. The van der Waals surface area contributed by atoms with Crippen LogP contribution in [0.3, 0.4) is 0 Å². The number of hydrogen-bond acceptors (Lipinski definition) is 3. The molecule has 138 valence electrons. The van der Waals surface area contributed by atoms with Crippen LogP contribution in [0.4, 0.5) is 0 Å². The van der Waals surface area contributed by atoms with Crippen molar-refractivity contribution in [3.05, 3.63) is 0 Å². The normalized spacial score (nSPS) is 20.2. The molecule has 2 aliphatic rings. The second kappa shape index (κ2) is 10.7. The van der Waals surface area contributed by atoms with Gasteiger partial charge in [0.1, 0.15) is 0 Å². The number of hydrogen-bond donors (Lipinski definition) is 2. The van der Waals surface area contributed by atoms with E-state index < -0.39 is 0 Å². The molecule has 0 radical (unpaired) electrons. The number of nitrogens with zero attached hydrogens (tertiary/aromatic N) is 1. The van der Waals surface area contributed by atoms with Crippen molar-refractivity contribution in [3.63, 3.8) is 0 Å². The van der Waals surface area contributed by atoms with Crippen LogP contribution in [0.25, 0.3) is 0 Å². The molecule has 2 rings (SSSR count). The quantitative estimate of drug-likeness (QED) is 0.679. The van der Waals surface area contributed by atoms with Crippen LogP contribution in [-0.2, 0) is 9.59 Å². The molecule has 1 aliphatic heterocycles. The lowest BCUT2D eigenvalue weighted by atomic mass is 9.96. The van der Waals surface area contributed by atoms with Crippen molar-refractivity contribution in [2.45, 2.75) is 77.2 Å². The fraction of sp³-hybridized carbons (Fsp3) is 0.895. The van der Waals surface area contributed by atoms with Gasteiger partial charge in [-0.1, -0.05) is 26.2 Å². The molecule has 2 amide bonds. The van der Waals surface area contributed by atoms with Gasteiger partial charge in [-0.05, 0) is 57.7 Å². The Morgan fingerprint density at radius 3 is 2.33 bits per heavy atom. The van der Waals surface area contributed by atoms with Crippen LogP contribution in [0, 0.1) is 5.92 Å². The Morgan fingerprint density at radius 2 is 1.67 bits per heavy atom. The predicted molar refractivity (Wildman–Crippen MR) is 96.7 cm³/mol. The minimum atomic E-state index is 0.0185. The van der Waals surface area contributed by atoms with Crippen LogP contribution in [0.1, 0.15) is 71.1 Å². The highest BCUT2D eigenvalue weighted by molar-refractivity contribution is 5.83. The molecule has 2 fully saturated rings. The molecule has 24 heavy (non-hydrogen) atoms. The van der Waals surface area contributed by atoms with Gasteiger partial charge in [0.15, 0.2) is 0 Å². The second-order valence-corrected chi connectivity index (χ2v) is 7.49. The third kappa shape index (κ3) is 7.20. The zero-order valence-electron chi connectivity index (χ0n) is 15.3. The molecule has 1 heterocycles. The molecular formula is C19H35N3O2. The van der Waals surface area contributed by atoms with Gasteiger partial charge in [-0.3, -0.25) is 9.59 Å². The molecule has 1 saturated heterocycles. The lowest BCUT2D eigenvalue weighted by Gasteiger charge is -2.31. The summed E-state index contributed by atoms with van der Waals surface area (Å²) in [6.45, 7) is 6.53. The molecule has 5 heteroatoms. The number of rotatable bonds is 9. The molecular weight excluding hydrogens is 302 g/mol. The third-order valence-corrected chi connectivity index (χ3v) is 5.42. The van der Waals surface area contributed by atoms with Crippen molar-refractivity contribution < 1.29 is 9.59 Å². The largest absolute Gasteiger partial charge is 0.356 e. The van der Waals surface area contributed by atoms with Gasteiger partial charge in [0.2, 0.25) is 11.8 Å². The van der Waals surface area contributed by atoms with Gasteiger partial charge in [-0.2, -0.15) is 0 Å². The molecule has 0 aromatic heterocycles. The summed E-state index contributed by atoms with van der Waals surface area (Å²) in [5, 5.41) is 6.06. The van der Waals surface area contributed by atoms with E-state index in [1.165, 1.54) is 45.1 Å². The van der Waals surface area contributed by atoms with Crippen molar-refractivity contribution in [1.29, 1.82) is 0 Å². The highest BCUT2D eigenvalue weighted by Gasteiger charge is 2.20. The maximum Gasteiger partial charge on any atom is 0.220 e. The van der Waals surface area contributed by atoms with Crippen molar-refractivity contribution in [2.24, 2.45) is 5.92 Å². The van der Waals surface area contributed by atoms with E-state index in [0.29, 0.717) is 24.8 Å². The Hall–Kier alpha value is -1.10. The summed E-state index contributed by atoms with van der Waals surface area (Å²) in [5.74, 6) is 0.644. The molecule has 2 N–H and O–H groups in total. The maximum atomic E-state index is 11.9. The number of nitrogens with one attached hydrogen (secondary N) is 2. The minimum Gasteiger partial charge on any atom is -0.356 e. The summed E-state index contributed by atoms with van der Waals surface area (Å²) in [4.78, 5) is 26.3. The predicted octanol–water partition coefficient (Wildman–Crippen LogP) is 2.45. The van der Waals surface area contributed by atoms with E-state index in [9.17, 15) is 9.59 Å². The number of piperidine rings is 1. The third-order valence-electron chi connectivity index (χ3n) is 5.42. The van der Waals surface area contributed by atoms with E-state index >= 15 is 0 Å². The Kier molecular flexibility index (Phi) is 8.57. The van der Waals surface area contributed by atoms with Gasteiger partial charge in [0.25, 0.3) is 0 Å². The molecule has 0 unspecified atom stereocenters. The average Bonchev–Trinajstić information content (AvgIpc) is 3.10. The molecule has 1 aliphatic carbocycles. The monoisotopic (exact) mass is 337 g/mol. The van der Waals surface area contributed by atoms with Crippen LogP contribution in [0.15, 0.2) is 0 Å². The Labute approximate surface area is 146 Å². The summed E-state index contributed by atoms with van der Waals surface area (Å²) in [6.07, 6.45) is 10.1. The minimum absolute atomic E-state index is 0.0185. The first-order valence-electron chi connectivity index (χ1n) is 9.95. The van der Waals surface area contributed by atoms with E-state index in [-0.39, 0.29) is 11.8 Å². The summed E-state index contributed by atoms with van der Waals surface area (Å²) < 4.78 is 0. The standard InChI is InChI=1S/C19H35N3O2/c1-2-3-12-22-13-10-16(11-14-22)15-20-18(23)8-9-19(24)21-17-6-4-5-7-17/h16-17H,2-15H2,1H3,(H,20,23)(H,21,24). The number of carbonyl (C=O) groups excluding carboxylic acids is 2. The maximum absolute atomic E-state index is 11.9. The highest BCUT2D eigenvalue weighted by Crippen LogP contribution is 2.18. The second-order valence-electron chi connectivity index (χ2n) is 7.49. The summed E-state index contributed by atoms with van der Waals surface area (Å²) in [6, 6.07) is 0.346. The number of amides is 2. The molecule has 0 aromatic rings. The zero-order valence-corrected chi connectivity index (χ0v) is 15.3. The van der Waals surface area contributed by atoms with Gasteiger partial charge in [0.05, 0.1) is 0 Å². The van der Waals surface area contributed by atoms with E-state index in [1.807, 2.05) is 0 Å². The molecule has 0 atom stereocenters. The van der Waals surface area contributed by atoms with Gasteiger partial charge in [0, 0.05) is 25.4 Å². The summed E-state index contributed by atoms with van der Waals surface area (Å²) in [7, 11) is 0. The van der Waals surface area contributed by atoms with E-state index in [1.54, 1.807) is 0 Å². The van der Waals surface area contributed by atoms with Crippen molar-refractivity contribution in [3.8, 4) is 0 Å². The van der Waals surface area contributed by atoms with Gasteiger partial charge in [-0.25, -0.2) is 0 Å². The Bertz CT molecular complexity index is 386. The van der Waals surface area contributed by atoms with E-state index in [4.69, 9.17) is 0 Å². The Balaban J connectivity index is 1.51. The lowest BCUT2D eigenvalue weighted by Crippen LogP contribution is -2.39. The number of likely N-dealkylation sites (tertiary alicyclic amines) is 1. The summed E-state index contributed by atoms with van der Waals surface area (Å²) >= 11 is 0. The lowest BCUT2D eigenvalue weighted by molar-refractivity contribution is -0.126. The highest BCUT2D eigenvalue weighted by atomic mass is 16.2. The van der Waals surface area contributed by atoms with Crippen LogP contribution in [0.2, 0.25) is 0 Å². The number of unbranched alkanes of at least 4 members (excludes halogenated alkanes) is 1. The van der Waals surface area contributed by atoms with Crippen molar-refractivity contribution in [1.82, 2.24) is 15.5 Å². The first-order valence-corrected chi connectivity index (χ1v) is 9.95. The van der Waals surface area contributed by atoms with Crippen LogP contribution in [-0.4, -0.2) is 48.9 Å². The molecule has 0 bridgehead atoms. The molecule has 1 saturated carbocycles. The number of carbonyl (C=O) groups is 2. The van der Waals surface area contributed by atoms with Crippen LogP contribution < -0.4 is 10.6 Å². The molecule has 5 nitrogen and oxygen atoms in total. The van der Waals surface area contributed by atoms with Gasteiger partial charge < -0.3 is 15.5 Å². The smallest absolute Gasteiger partial charge is 0.220 e. The Morgan fingerprint density at radius 1 is 1.00 bits per heavy atom.